The van der Waals surface area contributed by atoms with Crippen molar-refractivity contribution in [3.63, 3.8) is 0 Å². The topological polar surface area (TPSA) is 86.7 Å². The second kappa shape index (κ2) is 12.5. The van der Waals surface area contributed by atoms with Gasteiger partial charge in [0.25, 0.3) is 0 Å². The first-order valence-electron chi connectivity index (χ1n) is 8.84. The summed E-state index contributed by atoms with van der Waals surface area (Å²) in [5.74, 6) is -0.832. The monoisotopic (exact) mass is 378 g/mol. The van der Waals surface area contributed by atoms with Crippen molar-refractivity contribution >= 4 is 11.8 Å². The molecule has 6 heteroatoms. The number of benzene rings is 2. The van der Waals surface area contributed by atoms with E-state index in [1.807, 2.05) is 0 Å². The number of ketones is 1. The molecule has 0 fully saturated rings. The van der Waals surface area contributed by atoms with E-state index in [2.05, 4.69) is 0 Å². The fourth-order valence-electron chi connectivity index (χ4n) is 2.67. The number of phenolic OH excluding ortho intramolecular Hbond substituents is 1. The smallest absolute Gasteiger partial charge is 0.550 e. The number of phenols is 1. The number of carbonyl (C=O) groups excluding carboxylic acids is 2. The van der Waals surface area contributed by atoms with Crippen LogP contribution in [-0.4, -0.2) is 23.5 Å². The number of hydrogen-bond acceptors (Lipinski definition) is 5. The quantitative estimate of drug-likeness (QED) is 0.340. The Bertz CT molecular complexity index is 745. The summed E-state index contributed by atoms with van der Waals surface area (Å²) in [6, 6.07) is 13.4. The first kappa shape index (κ1) is 23.2. The van der Waals surface area contributed by atoms with Gasteiger partial charge in [0, 0.05) is 5.97 Å². The molecular weight excluding hydrogens is 355 g/mol. The number of aromatic hydroxyl groups is 1. The second-order valence-corrected chi connectivity index (χ2v) is 6.08. The van der Waals surface area contributed by atoms with E-state index in [4.69, 9.17) is 4.74 Å². The van der Waals surface area contributed by atoms with Crippen molar-refractivity contribution in [2.75, 3.05) is 6.61 Å². The maximum atomic E-state index is 12.7. The Morgan fingerprint density at radius 3 is 2.15 bits per heavy atom. The SMILES string of the molecule is O=C([O-])CCCCCCCOc1ccccc1C(=O)c1ccccc1O.[Na+]. The molecule has 27 heavy (non-hydrogen) atoms. The summed E-state index contributed by atoms with van der Waals surface area (Å²) in [4.78, 5) is 23.0. The largest absolute Gasteiger partial charge is 1.00 e. The van der Waals surface area contributed by atoms with Gasteiger partial charge in [-0.3, -0.25) is 4.79 Å². The Balaban J connectivity index is 0.00000364. The molecule has 2 rings (SSSR count). The Hall–Kier alpha value is -1.82. The minimum absolute atomic E-state index is 0. The molecule has 2 aromatic carbocycles. The Morgan fingerprint density at radius 1 is 0.852 bits per heavy atom. The zero-order valence-electron chi connectivity index (χ0n) is 15.6. The van der Waals surface area contributed by atoms with Crippen molar-refractivity contribution < 1.29 is 54.1 Å². The van der Waals surface area contributed by atoms with Crippen molar-refractivity contribution in [1.82, 2.24) is 0 Å². The third-order valence-electron chi connectivity index (χ3n) is 4.06. The summed E-state index contributed by atoms with van der Waals surface area (Å²) in [5.41, 5.74) is 0.666. The molecule has 138 valence electrons. The molecule has 0 saturated carbocycles. The van der Waals surface area contributed by atoms with E-state index >= 15 is 0 Å². The number of unbranched alkanes of at least 4 members (excludes halogenated alkanes) is 4. The predicted molar refractivity (Wildman–Crippen MR) is 96.2 cm³/mol. The van der Waals surface area contributed by atoms with Gasteiger partial charge >= 0.3 is 29.6 Å². The van der Waals surface area contributed by atoms with Crippen molar-refractivity contribution in [3.8, 4) is 11.5 Å². The van der Waals surface area contributed by atoms with E-state index in [0.717, 1.165) is 25.7 Å². The van der Waals surface area contributed by atoms with Crippen LogP contribution in [0.4, 0.5) is 0 Å². The minimum Gasteiger partial charge on any atom is -0.550 e. The van der Waals surface area contributed by atoms with Gasteiger partial charge in [-0.25, -0.2) is 0 Å². The van der Waals surface area contributed by atoms with Crippen LogP contribution in [0.25, 0.3) is 0 Å². The Kier molecular flexibility index (Phi) is 10.8. The van der Waals surface area contributed by atoms with Gasteiger partial charge in [-0.05, 0) is 43.5 Å². The number of carboxylic acids is 1. The summed E-state index contributed by atoms with van der Waals surface area (Å²) in [6.45, 7) is 0.478. The number of hydrogen-bond donors (Lipinski definition) is 1. The molecule has 0 atom stereocenters. The van der Waals surface area contributed by atoms with E-state index in [-0.39, 0.29) is 53.1 Å². The number of rotatable bonds is 11. The zero-order valence-corrected chi connectivity index (χ0v) is 17.6. The van der Waals surface area contributed by atoms with Crippen molar-refractivity contribution in [2.24, 2.45) is 0 Å². The van der Waals surface area contributed by atoms with Crippen molar-refractivity contribution in [2.45, 2.75) is 38.5 Å². The Morgan fingerprint density at radius 2 is 1.44 bits per heavy atom. The number of carbonyl (C=O) groups is 2. The summed E-state index contributed by atoms with van der Waals surface area (Å²) in [6.07, 6.45) is 4.30. The molecule has 0 aliphatic rings. The van der Waals surface area contributed by atoms with E-state index in [1.165, 1.54) is 6.07 Å². The fraction of sp³-hybridized carbons (Fsp3) is 0.333. The van der Waals surface area contributed by atoms with Gasteiger partial charge in [-0.2, -0.15) is 0 Å². The third kappa shape index (κ3) is 7.75. The van der Waals surface area contributed by atoms with Gasteiger partial charge in [-0.1, -0.05) is 43.5 Å². The van der Waals surface area contributed by atoms with Crippen LogP contribution in [0, 0.1) is 0 Å². The van der Waals surface area contributed by atoms with Gasteiger partial charge in [0.05, 0.1) is 17.7 Å². The molecule has 0 aromatic heterocycles. The summed E-state index contributed by atoms with van der Waals surface area (Å²) >= 11 is 0. The molecule has 0 aliphatic carbocycles. The van der Waals surface area contributed by atoms with Gasteiger partial charge in [0.15, 0.2) is 5.78 Å². The number of carboxylic acid groups (broad SMARTS) is 1. The first-order valence-corrected chi connectivity index (χ1v) is 8.84. The average molecular weight is 378 g/mol. The molecule has 0 bridgehead atoms. The Labute approximate surface area is 181 Å². The number of para-hydroxylation sites is 2. The summed E-state index contributed by atoms with van der Waals surface area (Å²) in [5, 5.41) is 20.2. The molecule has 0 saturated heterocycles. The third-order valence-corrected chi connectivity index (χ3v) is 4.06. The molecule has 0 heterocycles. The molecule has 0 radical (unpaired) electrons. The van der Waals surface area contributed by atoms with E-state index in [0.29, 0.717) is 24.3 Å². The minimum atomic E-state index is -1.00. The summed E-state index contributed by atoms with van der Waals surface area (Å²) in [7, 11) is 0. The van der Waals surface area contributed by atoms with Crippen LogP contribution in [0.1, 0.15) is 54.4 Å². The van der Waals surface area contributed by atoms with Crippen molar-refractivity contribution in [1.29, 1.82) is 0 Å². The molecular formula is C21H23NaO5. The maximum absolute atomic E-state index is 12.7. The standard InChI is InChI=1S/C21H24O5.Na/c22-18-12-7-5-10-16(18)21(25)17-11-6-8-13-19(17)26-15-9-3-1-2-4-14-20(23)24;/h5-8,10-13,22H,1-4,9,14-15H2,(H,23,24);/q;+1/p-1. The van der Waals surface area contributed by atoms with Crippen molar-refractivity contribution in [3.05, 3.63) is 59.7 Å². The molecule has 0 unspecified atom stereocenters. The second-order valence-electron chi connectivity index (χ2n) is 6.08. The molecule has 0 amide bonds. The van der Waals surface area contributed by atoms with Gasteiger partial charge in [0.1, 0.15) is 11.5 Å². The molecule has 5 nitrogen and oxygen atoms in total. The normalized spacial score (nSPS) is 10.1. The van der Waals surface area contributed by atoms with Crippen LogP contribution >= 0.6 is 0 Å². The predicted octanol–water partition coefficient (Wildman–Crippen LogP) is 0.0965. The molecule has 1 N–H and O–H groups in total. The van der Waals surface area contributed by atoms with Crippen LogP contribution in [0.3, 0.4) is 0 Å². The zero-order chi connectivity index (χ0) is 18.8. The molecule has 0 spiro atoms. The van der Waals surface area contributed by atoms with Crippen LogP contribution in [-0.2, 0) is 4.79 Å². The van der Waals surface area contributed by atoms with E-state index < -0.39 is 5.97 Å². The first-order chi connectivity index (χ1) is 12.6. The van der Waals surface area contributed by atoms with Gasteiger partial charge < -0.3 is 19.7 Å². The van der Waals surface area contributed by atoms with Gasteiger partial charge in [-0.15, -0.1) is 0 Å². The van der Waals surface area contributed by atoms with Crippen LogP contribution in [0.2, 0.25) is 0 Å². The van der Waals surface area contributed by atoms with Crippen LogP contribution in [0.5, 0.6) is 11.5 Å². The maximum Gasteiger partial charge on any atom is 1.00 e. The van der Waals surface area contributed by atoms with Crippen LogP contribution in [0.15, 0.2) is 48.5 Å². The molecule has 0 aliphatic heterocycles. The van der Waals surface area contributed by atoms with E-state index in [1.54, 1.807) is 42.5 Å². The number of aliphatic carboxylic acids is 1. The van der Waals surface area contributed by atoms with E-state index in [9.17, 15) is 19.8 Å². The average Bonchev–Trinajstić information content (AvgIpc) is 2.64. The fourth-order valence-corrected chi connectivity index (χ4v) is 2.67. The molecule has 2 aromatic rings. The summed E-state index contributed by atoms with van der Waals surface area (Å²) < 4.78 is 5.76. The number of ether oxygens (including phenoxy) is 1. The van der Waals surface area contributed by atoms with Crippen LogP contribution < -0.4 is 39.4 Å². The van der Waals surface area contributed by atoms with Gasteiger partial charge in [0.2, 0.25) is 0 Å².